The SMILES string of the molecule is COc1ccc(C(=O)C(c2ccc(OC)cc2)c2ccc(O)cc2C)cc1. The number of phenols is 1. The quantitative estimate of drug-likeness (QED) is 0.644. The predicted octanol–water partition coefficient (Wildman–Crippen LogP) is 4.73. The van der Waals surface area contributed by atoms with Crippen LogP contribution in [0.1, 0.15) is 33.0 Å². The lowest BCUT2D eigenvalue weighted by atomic mass is 9.83. The van der Waals surface area contributed by atoms with Crippen LogP contribution in [0, 0.1) is 6.92 Å². The molecule has 0 radical (unpaired) electrons. The van der Waals surface area contributed by atoms with Crippen molar-refractivity contribution >= 4 is 5.78 Å². The van der Waals surface area contributed by atoms with Crippen molar-refractivity contribution in [3.8, 4) is 17.2 Å². The van der Waals surface area contributed by atoms with E-state index in [1.807, 2.05) is 31.2 Å². The number of hydrogen-bond acceptors (Lipinski definition) is 4. The van der Waals surface area contributed by atoms with E-state index in [1.54, 1.807) is 56.7 Å². The summed E-state index contributed by atoms with van der Waals surface area (Å²) < 4.78 is 10.4. The van der Waals surface area contributed by atoms with E-state index in [2.05, 4.69) is 0 Å². The van der Waals surface area contributed by atoms with Crippen molar-refractivity contribution in [3.63, 3.8) is 0 Å². The molecule has 0 aliphatic heterocycles. The molecule has 1 N–H and O–H groups in total. The molecule has 138 valence electrons. The number of aromatic hydroxyl groups is 1. The molecule has 0 spiro atoms. The summed E-state index contributed by atoms with van der Waals surface area (Å²) in [6.45, 7) is 1.90. The summed E-state index contributed by atoms with van der Waals surface area (Å²) in [6.07, 6.45) is 0. The van der Waals surface area contributed by atoms with Gasteiger partial charge in [-0.1, -0.05) is 18.2 Å². The van der Waals surface area contributed by atoms with E-state index in [9.17, 15) is 9.90 Å². The summed E-state index contributed by atoms with van der Waals surface area (Å²) in [5, 5.41) is 9.76. The summed E-state index contributed by atoms with van der Waals surface area (Å²) in [7, 11) is 3.20. The molecule has 0 saturated heterocycles. The second kappa shape index (κ2) is 7.96. The molecule has 3 rings (SSSR count). The third kappa shape index (κ3) is 3.95. The van der Waals surface area contributed by atoms with Gasteiger partial charge in [0, 0.05) is 5.56 Å². The number of benzene rings is 3. The lowest BCUT2D eigenvalue weighted by Gasteiger charge is -2.20. The molecule has 0 amide bonds. The highest BCUT2D eigenvalue weighted by Gasteiger charge is 2.25. The normalized spacial score (nSPS) is 11.7. The molecular formula is C23H22O4. The fourth-order valence-electron chi connectivity index (χ4n) is 3.17. The van der Waals surface area contributed by atoms with E-state index in [4.69, 9.17) is 9.47 Å². The number of hydrogen-bond donors (Lipinski definition) is 1. The molecule has 3 aromatic carbocycles. The van der Waals surface area contributed by atoms with E-state index in [1.165, 1.54) is 0 Å². The molecule has 0 aliphatic carbocycles. The molecule has 4 nitrogen and oxygen atoms in total. The number of phenolic OH excluding ortho intramolecular Hbond substituents is 1. The number of carbonyl (C=O) groups is 1. The molecule has 0 heterocycles. The number of rotatable bonds is 6. The molecule has 0 saturated carbocycles. The Balaban J connectivity index is 2.08. The van der Waals surface area contributed by atoms with Gasteiger partial charge in [-0.05, 0) is 72.1 Å². The van der Waals surface area contributed by atoms with Gasteiger partial charge >= 0.3 is 0 Å². The summed E-state index contributed by atoms with van der Waals surface area (Å²) in [5.41, 5.74) is 3.19. The standard InChI is InChI=1S/C23H22O4/c1-15-14-18(24)8-13-21(15)22(16-4-9-19(26-2)10-5-16)23(25)17-6-11-20(27-3)12-7-17/h4-14,22,24H,1-3H3. The molecule has 1 unspecified atom stereocenters. The van der Waals surface area contributed by atoms with Crippen molar-refractivity contribution < 1.29 is 19.4 Å². The number of ether oxygens (including phenoxy) is 2. The maximum Gasteiger partial charge on any atom is 0.174 e. The minimum absolute atomic E-state index is 0.0170. The van der Waals surface area contributed by atoms with E-state index in [0.29, 0.717) is 11.3 Å². The van der Waals surface area contributed by atoms with E-state index in [0.717, 1.165) is 22.4 Å². The van der Waals surface area contributed by atoms with Crippen LogP contribution >= 0.6 is 0 Å². The largest absolute Gasteiger partial charge is 0.508 e. The van der Waals surface area contributed by atoms with Crippen LogP contribution in [0.15, 0.2) is 66.7 Å². The second-order valence-electron chi connectivity index (χ2n) is 6.34. The first kappa shape index (κ1) is 18.5. The minimum Gasteiger partial charge on any atom is -0.508 e. The van der Waals surface area contributed by atoms with Gasteiger partial charge in [-0.25, -0.2) is 0 Å². The number of Topliss-reactive ketones (excluding diaryl/α,β-unsaturated/α-hetero) is 1. The van der Waals surface area contributed by atoms with Crippen LogP contribution in [0.25, 0.3) is 0 Å². The summed E-state index contributed by atoms with van der Waals surface area (Å²) in [6, 6.07) is 19.7. The van der Waals surface area contributed by atoms with Gasteiger partial charge in [0.2, 0.25) is 0 Å². The van der Waals surface area contributed by atoms with Gasteiger partial charge in [-0.15, -0.1) is 0 Å². The average molecular weight is 362 g/mol. The zero-order valence-electron chi connectivity index (χ0n) is 15.6. The van der Waals surface area contributed by atoms with Crippen molar-refractivity contribution in [2.45, 2.75) is 12.8 Å². The lowest BCUT2D eigenvalue weighted by molar-refractivity contribution is 0.0973. The van der Waals surface area contributed by atoms with E-state index in [-0.39, 0.29) is 11.5 Å². The number of aryl methyl sites for hydroxylation is 1. The monoisotopic (exact) mass is 362 g/mol. The summed E-state index contributed by atoms with van der Waals surface area (Å²) in [5.74, 6) is 1.12. The number of ketones is 1. The molecule has 27 heavy (non-hydrogen) atoms. The van der Waals surface area contributed by atoms with Gasteiger partial charge in [-0.3, -0.25) is 4.79 Å². The zero-order valence-corrected chi connectivity index (χ0v) is 15.6. The Morgan fingerprint density at radius 3 is 1.93 bits per heavy atom. The first-order valence-electron chi connectivity index (χ1n) is 8.65. The molecule has 0 fully saturated rings. The van der Waals surface area contributed by atoms with Crippen molar-refractivity contribution in [2.75, 3.05) is 14.2 Å². The molecular weight excluding hydrogens is 340 g/mol. The van der Waals surface area contributed by atoms with Gasteiger partial charge in [0.05, 0.1) is 20.1 Å². The van der Waals surface area contributed by atoms with E-state index >= 15 is 0 Å². The highest BCUT2D eigenvalue weighted by molar-refractivity contribution is 6.03. The molecule has 4 heteroatoms. The smallest absolute Gasteiger partial charge is 0.174 e. The van der Waals surface area contributed by atoms with Gasteiger partial charge in [0.15, 0.2) is 5.78 Å². The highest BCUT2D eigenvalue weighted by atomic mass is 16.5. The van der Waals surface area contributed by atoms with Crippen LogP contribution in [-0.2, 0) is 0 Å². The van der Waals surface area contributed by atoms with Crippen molar-refractivity contribution in [1.82, 2.24) is 0 Å². The van der Waals surface area contributed by atoms with Crippen molar-refractivity contribution in [3.05, 3.63) is 89.0 Å². The number of methoxy groups -OCH3 is 2. The topological polar surface area (TPSA) is 55.8 Å². The maximum atomic E-state index is 13.4. The fourth-order valence-corrected chi connectivity index (χ4v) is 3.17. The fraction of sp³-hybridized carbons (Fsp3) is 0.174. The minimum atomic E-state index is -0.482. The second-order valence-corrected chi connectivity index (χ2v) is 6.34. The lowest BCUT2D eigenvalue weighted by Crippen LogP contribution is -2.15. The Labute approximate surface area is 159 Å². The van der Waals surface area contributed by atoms with Crippen LogP contribution in [0.2, 0.25) is 0 Å². The van der Waals surface area contributed by atoms with Crippen LogP contribution in [0.3, 0.4) is 0 Å². The Bertz CT molecular complexity index is 928. The van der Waals surface area contributed by atoms with Crippen molar-refractivity contribution in [2.24, 2.45) is 0 Å². The third-order valence-corrected chi connectivity index (χ3v) is 4.65. The van der Waals surface area contributed by atoms with Crippen LogP contribution < -0.4 is 9.47 Å². The van der Waals surface area contributed by atoms with Gasteiger partial charge < -0.3 is 14.6 Å². The van der Waals surface area contributed by atoms with Gasteiger partial charge in [-0.2, -0.15) is 0 Å². The van der Waals surface area contributed by atoms with Crippen LogP contribution in [-0.4, -0.2) is 25.1 Å². The Morgan fingerprint density at radius 2 is 1.41 bits per heavy atom. The van der Waals surface area contributed by atoms with Gasteiger partial charge in [0.25, 0.3) is 0 Å². The molecule has 1 atom stereocenters. The Kier molecular flexibility index (Phi) is 5.46. The highest BCUT2D eigenvalue weighted by Crippen LogP contribution is 2.33. The van der Waals surface area contributed by atoms with Crippen LogP contribution in [0.5, 0.6) is 17.2 Å². The Hall–Kier alpha value is -3.27. The Morgan fingerprint density at radius 1 is 0.852 bits per heavy atom. The maximum absolute atomic E-state index is 13.4. The zero-order chi connectivity index (χ0) is 19.4. The summed E-state index contributed by atoms with van der Waals surface area (Å²) >= 11 is 0. The molecule has 0 aliphatic rings. The third-order valence-electron chi connectivity index (χ3n) is 4.65. The average Bonchev–Trinajstić information content (AvgIpc) is 2.70. The predicted molar refractivity (Wildman–Crippen MR) is 105 cm³/mol. The van der Waals surface area contributed by atoms with Crippen LogP contribution in [0.4, 0.5) is 0 Å². The first-order valence-corrected chi connectivity index (χ1v) is 8.65. The summed E-state index contributed by atoms with van der Waals surface area (Å²) in [4.78, 5) is 13.4. The molecule has 0 bridgehead atoms. The van der Waals surface area contributed by atoms with Gasteiger partial charge in [0.1, 0.15) is 17.2 Å². The molecule has 0 aromatic heterocycles. The van der Waals surface area contributed by atoms with E-state index < -0.39 is 5.92 Å². The van der Waals surface area contributed by atoms with Crippen molar-refractivity contribution in [1.29, 1.82) is 0 Å². The first-order chi connectivity index (χ1) is 13.0. The molecule has 3 aromatic rings. The number of carbonyl (C=O) groups excluding carboxylic acids is 1.